The highest BCUT2D eigenvalue weighted by molar-refractivity contribution is 7.88. The largest absolute Gasteiger partial charge is 0.478 e. The molecule has 0 aromatic carbocycles. The first-order valence-electron chi connectivity index (χ1n) is 6.82. The van der Waals surface area contributed by atoms with Gasteiger partial charge in [0.15, 0.2) is 0 Å². The van der Waals surface area contributed by atoms with Crippen LogP contribution in [0.4, 0.5) is 0 Å². The van der Waals surface area contributed by atoms with Gasteiger partial charge in [0.2, 0.25) is 10.0 Å². The van der Waals surface area contributed by atoms with Crippen LogP contribution in [0.25, 0.3) is 0 Å². The second-order valence-corrected chi connectivity index (χ2v) is 8.09. The van der Waals surface area contributed by atoms with E-state index in [-0.39, 0.29) is 5.41 Å². The number of rotatable bonds is 6. The van der Waals surface area contributed by atoms with Crippen molar-refractivity contribution in [3.8, 4) is 0 Å². The van der Waals surface area contributed by atoms with Crippen molar-refractivity contribution in [1.82, 2.24) is 9.29 Å². The summed E-state index contributed by atoms with van der Waals surface area (Å²) in [4.78, 5) is 11.3. The molecule has 0 fully saturated rings. The number of carbonyl (C=O) groups is 1. The number of aromatic nitrogens is 1. The fourth-order valence-corrected chi connectivity index (χ4v) is 2.78. The summed E-state index contributed by atoms with van der Waals surface area (Å²) in [5.41, 5.74) is 1.77. The van der Waals surface area contributed by atoms with Gasteiger partial charge in [-0.3, -0.25) is 0 Å². The van der Waals surface area contributed by atoms with E-state index >= 15 is 0 Å². The third-order valence-electron chi connectivity index (χ3n) is 3.29. The van der Waals surface area contributed by atoms with E-state index in [4.69, 9.17) is 0 Å². The SMILES string of the molecule is Cc1c(C(=O)O)cc(C(C)(C)C)n1CCCNS(C)(=O)=O. The zero-order valence-electron chi connectivity index (χ0n) is 13.2. The average molecular weight is 316 g/mol. The third kappa shape index (κ3) is 4.86. The zero-order chi connectivity index (χ0) is 16.4. The van der Waals surface area contributed by atoms with Gasteiger partial charge in [-0.05, 0) is 19.4 Å². The van der Waals surface area contributed by atoms with E-state index in [1.165, 1.54) is 0 Å². The minimum atomic E-state index is -3.19. The highest BCUT2D eigenvalue weighted by atomic mass is 32.2. The van der Waals surface area contributed by atoms with Crippen LogP contribution in [0, 0.1) is 6.92 Å². The van der Waals surface area contributed by atoms with Crippen molar-refractivity contribution in [2.75, 3.05) is 12.8 Å². The van der Waals surface area contributed by atoms with E-state index in [9.17, 15) is 18.3 Å². The van der Waals surface area contributed by atoms with E-state index < -0.39 is 16.0 Å². The van der Waals surface area contributed by atoms with Gasteiger partial charge in [-0.15, -0.1) is 0 Å². The summed E-state index contributed by atoms with van der Waals surface area (Å²) in [5, 5.41) is 9.24. The summed E-state index contributed by atoms with van der Waals surface area (Å²) >= 11 is 0. The lowest BCUT2D eigenvalue weighted by Gasteiger charge is -2.22. The van der Waals surface area contributed by atoms with Gasteiger partial charge in [-0.2, -0.15) is 0 Å². The minimum Gasteiger partial charge on any atom is -0.478 e. The van der Waals surface area contributed by atoms with E-state index in [0.29, 0.717) is 30.8 Å². The summed E-state index contributed by atoms with van der Waals surface area (Å²) < 4.78 is 26.5. The summed E-state index contributed by atoms with van der Waals surface area (Å²) in [7, 11) is -3.19. The van der Waals surface area contributed by atoms with Crippen LogP contribution in [0.2, 0.25) is 0 Å². The predicted molar refractivity (Wildman–Crippen MR) is 82.3 cm³/mol. The van der Waals surface area contributed by atoms with Crippen molar-refractivity contribution >= 4 is 16.0 Å². The summed E-state index contributed by atoms with van der Waals surface area (Å²) in [5.74, 6) is -0.939. The predicted octanol–water partition coefficient (Wildman–Crippen LogP) is 1.73. The van der Waals surface area contributed by atoms with Crippen molar-refractivity contribution in [3.05, 3.63) is 23.0 Å². The molecule has 0 spiro atoms. The van der Waals surface area contributed by atoms with Gasteiger partial charge < -0.3 is 9.67 Å². The van der Waals surface area contributed by atoms with Crippen LogP contribution >= 0.6 is 0 Å². The number of nitrogens with one attached hydrogen (secondary N) is 1. The average Bonchev–Trinajstić information content (AvgIpc) is 2.60. The molecule has 1 aromatic heterocycles. The normalized spacial score (nSPS) is 12.6. The van der Waals surface area contributed by atoms with Gasteiger partial charge in [-0.1, -0.05) is 20.8 Å². The standard InChI is InChI=1S/C14H24N2O4S/c1-10-11(13(17)18)9-12(14(2,3)4)16(10)8-6-7-15-21(5,19)20/h9,15H,6-8H2,1-5H3,(H,17,18). The van der Waals surface area contributed by atoms with Gasteiger partial charge in [0.25, 0.3) is 0 Å². The maximum absolute atomic E-state index is 11.3. The van der Waals surface area contributed by atoms with Crippen LogP contribution in [-0.2, 0) is 22.0 Å². The first kappa shape index (κ1) is 17.7. The Morgan fingerprint density at radius 1 is 1.38 bits per heavy atom. The van der Waals surface area contributed by atoms with Gasteiger partial charge in [0, 0.05) is 29.9 Å². The summed E-state index contributed by atoms with van der Waals surface area (Å²) in [6.45, 7) is 8.77. The monoisotopic (exact) mass is 316 g/mol. The van der Waals surface area contributed by atoms with E-state index in [2.05, 4.69) is 4.72 Å². The highest BCUT2D eigenvalue weighted by Crippen LogP contribution is 2.27. The molecule has 0 saturated heterocycles. The lowest BCUT2D eigenvalue weighted by atomic mass is 9.92. The van der Waals surface area contributed by atoms with E-state index in [0.717, 1.165) is 11.9 Å². The quantitative estimate of drug-likeness (QED) is 0.782. The van der Waals surface area contributed by atoms with Crippen LogP contribution < -0.4 is 4.72 Å². The molecule has 1 heterocycles. The molecule has 0 saturated carbocycles. The third-order valence-corrected chi connectivity index (χ3v) is 4.02. The van der Waals surface area contributed by atoms with Crippen molar-refractivity contribution in [1.29, 1.82) is 0 Å². The Balaban J connectivity index is 2.97. The Kier molecular flexibility index (Phi) is 5.22. The molecular formula is C14H24N2O4S. The molecule has 0 atom stereocenters. The Morgan fingerprint density at radius 3 is 2.38 bits per heavy atom. The molecule has 21 heavy (non-hydrogen) atoms. The molecule has 1 aromatic rings. The molecule has 0 radical (unpaired) electrons. The van der Waals surface area contributed by atoms with Crippen LogP contribution in [0.3, 0.4) is 0 Å². The molecule has 0 amide bonds. The van der Waals surface area contributed by atoms with Crippen molar-refractivity contribution in [3.63, 3.8) is 0 Å². The van der Waals surface area contributed by atoms with Crippen LogP contribution in [0.15, 0.2) is 6.07 Å². The van der Waals surface area contributed by atoms with Crippen LogP contribution in [-0.4, -0.2) is 36.9 Å². The fraction of sp³-hybridized carbons (Fsp3) is 0.643. The van der Waals surface area contributed by atoms with Gasteiger partial charge in [0.05, 0.1) is 11.8 Å². The highest BCUT2D eigenvalue weighted by Gasteiger charge is 2.24. The van der Waals surface area contributed by atoms with E-state index in [1.807, 2.05) is 25.3 Å². The molecule has 6 nitrogen and oxygen atoms in total. The Hall–Kier alpha value is -1.34. The van der Waals surface area contributed by atoms with Gasteiger partial charge in [-0.25, -0.2) is 17.9 Å². The number of carboxylic acid groups (broad SMARTS) is 1. The Morgan fingerprint density at radius 2 is 1.95 bits per heavy atom. The maximum Gasteiger partial charge on any atom is 0.337 e. The lowest BCUT2D eigenvalue weighted by Crippen LogP contribution is -2.25. The fourth-order valence-electron chi connectivity index (χ4n) is 2.27. The molecule has 0 bridgehead atoms. The van der Waals surface area contributed by atoms with Crippen LogP contribution in [0.5, 0.6) is 0 Å². The zero-order valence-corrected chi connectivity index (χ0v) is 14.0. The molecule has 0 unspecified atom stereocenters. The molecular weight excluding hydrogens is 292 g/mol. The van der Waals surface area contributed by atoms with Crippen molar-refractivity contribution in [2.45, 2.75) is 46.1 Å². The van der Waals surface area contributed by atoms with Crippen molar-refractivity contribution in [2.24, 2.45) is 0 Å². The minimum absolute atomic E-state index is 0.178. The number of sulfonamides is 1. The molecule has 1 rings (SSSR count). The first-order valence-corrected chi connectivity index (χ1v) is 8.71. The molecule has 0 aliphatic carbocycles. The lowest BCUT2D eigenvalue weighted by molar-refractivity contribution is 0.0696. The molecule has 0 aliphatic rings. The summed E-state index contributed by atoms with van der Waals surface area (Å²) in [6.07, 6.45) is 1.72. The molecule has 120 valence electrons. The first-order chi connectivity index (χ1) is 9.43. The molecule has 0 aliphatic heterocycles. The van der Waals surface area contributed by atoms with Gasteiger partial charge >= 0.3 is 5.97 Å². The number of aromatic carboxylic acids is 1. The second kappa shape index (κ2) is 6.19. The number of nitrogens with zero attached hydrogens (tertiary/aromatic N) is 1. The smallest absolute Gasteiger partial charge is 0.337 e. The van der Waals surface area contributed by atoms with Gasteiger partial charge in [0.1, 0.15) is 0 Å². The number of carboxylic acids is 1. The topological polar surface area (TPSA) is 88.4 Å². The van der Waals surface area contributed by atoms with Crippen LogP contribution in [0.1, 0.15) is 48.9 Å². The second-order valence-electron chi connectivity index (χ2n) is 6.26. The Labute approximate surface area is 126 Å². The maximum atomic E-state index is 11.3. The number of hydrogen-bond acceptors (Lipinski definition) is 3. The molecule has 7 heteroatoms. The van der Waals surface area contributed by atoms with Crippen molar-refractivity contribution < 1.29 is 18.3 Å². The number of hydrogen-bond donors (Lipinski definition) is 2. The Bertz CT molecular complexity index is 624. The molecule has 2 N–H and O–H groups in total. The summed E-state index contributed by atoms with van der Waals surface area (Å²) in [6, 6.07) is 1.71. The van der Waals surface area contributed by atoms with E-state index in [1.54, 1.807) is 13.0 Å².